The van der Waals surface area contributed by atoms with Gasteiger partial charge in [0.05, 0.1) is 36.6 Å². The van der Waals surface area contributed by atoms with E-state index in [0.717, 1.165) is 29.8 Å². The molecule has 3 heterocycles. The molecule has 0 radical (unpaired) electrons. The van der Waals surface area contributed by atoms with Crippen molar-refractivity contribution in [1.82, 2.24) is 29.7 Å². The summed E-state index contributed by atoms with van der Waals surface area (Å²) < 4.78 is 18.3. The van der Waals surface area contributed by atoms with E-state index in [1.807, 2.05) is 61.8 Å². The zero-order valence-corrected chi connectivity index (χ0v) is 28.7. The summed E-state index contributed by atoms with van der Waals surface area (Å²) in [6.07, 6.45) is 2.16. The second-order valence-corrected chi connectivity index (χ2v) is 13.8. The van der Waals surface area contributed by atoms with Gasteiger partial charge in [0.2, 0.25) is 5.91 Å². The molecule has 0 unspecified atom stereocenters. The Morgan fingerprint density at radius 1 is 1.09 bits per heavy atom. The molecule has 2 aromatic rings. The van der Waals surface area contributed by atoms with Crippen LogP contribution in [0.1, 0.15) is 75.6 Å². The average molecular weight is 641 g/mol. The number of benzene rings is 1. The number of piperidine rings is 1. The van der Waals surface area contributed by atoms with Gasteiger partial charge in [0.1, 0.15) is 5.60 Å². The molecule has 3 amide bonds. The Morgan fingerprint density at radius 3 is 2.48 bits per heavy atom. The molecular weight excluding hydrogens is 588 g/mol. The van der Waals surface area contributed by atoms with Gasteiger partial charge in [0.25, 0.3) is 5.91 Å². The second kappa shape index (κ2) is 15.9. The number of ether oxygens (including phenoxy) is 3. The van der Waals surface area contributed by atoms with Crippen molar-refractivity contribution in [3.63, 3.8) is 0 Å². The first-order valence-electron chi connectivity index (χ1n) is 16.5. The summed E-state index contributed by atoms with van der Waals surface area (Å²) in [6.45, 7) is 15.1. The Balaban J connectivity index is 1.70. The Bertz CT molecular complexity index is 1330. The summed E-state index contributed by atoms with van der Waals surface area (Å²) in [7, 11) is 1.68. The number of aromatic nitrogens is 3. The fraction of sp³-hybridized carbons (Fsp3) is 0.676. The Morgan fingerprint density at radius 2 is 1.83 bits per heavy atom. The van der Waals surface area contributed by atoms with Crippen LogP contribution in [-0.2, 0) is 25.4 Å². The van der Waals surface area contributed by atoms with Crippen molar-refractivity contribution < 1.29 is 28.6 Å². The molecule has 1 aromatic heterocycles. The van der Waals surface area contributed by atoms with Crippen molar-refractivity contribution in [2.45, 2.75) is 78.9 Å². The summed E-state index contributed by atoms with van der Waals surface area (Å²) in [5.74, 6) is -0.625. The molecule has 2 fully saturated rings. The zero-order chi connectivity index (χ0) is 33.4. The number of methoxy groups -OCH3 is 1. The SMILES string of the molecule is COCCCCc1c(C(=O)N(CC(C)C)[C@H]2C[C@@H](C(=O)N3CCOCC3)CN(C(=O)OC(C)(C)C)C2)nnn1-c1cccc(C)c1. The minimum atomic E-state index is -0.701. The molecule has 254 valence electrons. The maximum atomic E-state index is 14.6. The standard InChI is InChI=1S/C34H52N6O6/c1-24(2)21-39(32(42)30-29(13-8-9-16-44-7)40(36-35-30)27-12-10-11-25(3)19-27)28-20-26(31(41)37-14-17-45-18-15-37)22-38(23-28)33(43)46-34(4,5)6/h10-12,19,24,26,28H,8-9,13-18,20-23H2,1-7H3/t26-,28+/m1/s1. The molecule has 12 heteroatoms. The highest BCUT2D eigenvalue weighted by molar-refractivity contribution is 5.94. The lowest BCUT2D eigenvalue weighted by molar-refractivity contribution is -0.142. The number of aryl methyl sites for hydroxylation is 1. The van der Waals surface area contributed by atoms with Crippen molar-refractivity contribution in [3.05, 3.63) is 41.2 Å². The normalized spacial score (nSPS) is 19.0. The topological polar surface area (TPSA) is 119 Å². The number of hydrogen-bond acceptors (Lipinski definition) is 8. The van der Waals surface area contributed by atoms with Crippen molar-refractivity contribution >= 4 is 17.9 Å². The van der Waals surface area contributed by atoms with Crippen LogP contribution in [0.15, 0.2) is 24.3 Å². The number of carbonyl (C=O) groups is 3. The number of amides is 3. The Hall–Kier alpha value is -3.51. The quantitative estimate of drug-likeness (QED) is 0.337. The van der Waals surface area contributed by atoms with Gasteiger partial charge in [-0.25, -0.2) is 9.48 Å². The average Bonchev–Trinajstić information content (AvgIpc) is 3.44. The molecule has 0 saturated carbocycles. The van der Waals surface area contributed by atoms with E-state index in [9.17, 15) is 14.4 Å². The molecule has 0 spiro atoms. The van der Waals surface area contributed by atoms with Crippen LogP contribution in [-0.4, -0.2) is 119 Å². The number of hydrogen-bond donors (Lipinski definition) is 0. The fourth-order valence-electron chi connectivity index (χ4n) is 6.12. The van der Waals surface area contributed by atoms with Crippen LogP contribution >= 0.6 is 0 Å². The highest BCUT2D eigenvalue weighted by Crippen LogP contribution is 2.28. The van der Waals surface area contributed by atoms with E-state index in [-0.39, 0.29) is 30.8 Å². The van der Waals surface area contributed by atoms with Gasteiger partial charge in [0, 0.05) is 46.4 Å². The number of likely N-dealkylation sites (tertiary alicyclic amines) is 1. The first-order chi connectivity index (χ1) is 21.9. The Kier molecular flexibility index (Phi) is 12.2. The van der Waals surface area contributed by atoms with Gasteiger partial charge in [-0.1, -0.05) is 31.2 Å². The highest BCUT2D eigenvalue weighted by atomic mass is 16.6. The molecule has 0 aliphatic carbocycles. The number of rotatable bonds is 11. The smallest absolute Gasteiger partial charge is 0.410 e. The minimum Gasteiger partial charge on any atom is -0.444 e. The lowest BCUT2D eigenvalue weighted by Crippen LogP contribution is -2.58. The van der Waals surface area contributed by atoms with E-state index < -0.39 is 23.7 Å². The largest absolute Gasteiger partial charge is 0.444 e. The molecule has 0 N–H and O–H groups in total. The first kappa shape index (κ1) is 35.3. The first-order valence-corrected chi connectivity index (χ1v) is 16.5. The van der Waals surface area contributed by atoms with Gasteiger partial charge < -0.3 is 28.9 Å². The fourth-order valence-corrected chi connectivity index (χ4v) is 6.12. The molecule has 4 rings (SSSR count). The lowest BCUT2D eigenvalue weighted by atomic mass is 9.91. The van der Waals surface area contributed by atoms with E-state index in [1.54, 1.807) is 16.7 Å². The van der Waals surface area contributed by atoms with Crippen LogP contribution in [0.5, 0.6) is 0 Å². The van der Waals surface area contributed by atoms with Crippen LogP contribution in [0, 0.1) is 18.8 Å². The molecule has 2 aliphatic heterocycles. The van der Waals surface area contributed by atoms with Crippen LogP contribution in [0.3, 0.4) is 0 Å². The number of carbonyl (C=O) groups excluding carboxylic acids is 3. The molecule has 12 nitrogen and oxygen atoms in total. The zero-order valence-electron chi connectivity index (χ0n) is 28.7. The maximum absolute atomic E-state index is 14.6. The monoisotopic (exact) mass is 640 g/mol. The molecule has 2 saturated heterocycles. The van der Waals surface area contributed by atoms with Crippen molar-refractivity contribution in [1.29, 1.82) is 0 Å². The summed E-state index contributed by atoms with van der Waals surface area (Å²) in [6, 6.07) is 7.55. The van der Waals surface area contributed by atoms with Crippen molar-refractivity contribution in [2.75, 3.05) is 59.7 Å². The van der Waals surface area contributed by atoms with Gasteiger partial charge in [-0.2, -0.15) is 0 Å². The molecule has 2 atom stereocenters. The van der Waals surface area contributed by atoms with Crippen LogP contribution in [0.2, 0.25) is 0 Å². The lowest BCUT2D eigenvalue weighted by Gasteiger charge is -2.44. The van der Waals surface area contributed by atoms with E-state index in [4.69, 9.17) is 14.2 Å². The molecule has 1 aromatic carbocycles. The van der Waals surface area contributed by atoms with Gasteiger partial charge >= 0.3 is 6.09 Å². The summed E-state index contributed by atoms with van der Waals surface area (Å²) in [4.78, 5) is 47.1. The van der Waals surface area contributed by atoms with Gasteiger partial charge in [-0.3, -0.25) is 9.59 Å². The molecule has 46 heavy (non-hydrogen) atoms. The van der Waals surface area contributed by atoms with Crippen LogP contribution < -0.4 is 0 Å². The number of nitrogens with zero attached hydrogens (tertiary/aromatic N) is 6. The van der Waals surface area contributed by atoms with Crippen LogP contribution in [0.25, 0.3) is 5.69 Å². The van der Waals surface area contributed by atoms with Crippen molar-refractivity contribution in [3.8, 4) is 5.69 Å². The van der Waals surface area contributed by atoms with E-state index in [2.05, 4.69) is 24.2 Å². The van der Waals surface area contributed by atoms with Gasteiger partial charge in [-0.05, 0) is 77.0 Å². The summed E-state index contributed by atoms with van der Waals surface area (Å²) in [5.41, 5.74) is 2.25. The third-order valence-corrected chi connectivity index (χ3v) is 8.24. The van der Waals surface area contributed by atoms with Crippen LogP contribution in [0.4, 0.5) is 4.79 Å². The third-order valence-electron chi connectivity index (χ3n) is 8.24. The Labute approximate surface area is 273 Å². The number of morpholine rings is 1. The molecule has 2 aliphatic rings. The van der Waals surface area contributed by atoms with E-state index >= 15 is 0 Å². The third kappa shape index (κ3) is 9.28. The predicted molar refractivity (Wildman–Crippen MR) is 174 cm³/mol. The number of unbranched alkanes of at least 4 members (excludes halogenated alkanes) is 1. The minimum absolute atomic E-state index is 0.0253. The maximum Gasteiger partial charge on any atom is 0.410 e. The predicted octanol–water partition coefficient (Wildman–Crippen LogP) is 4.13. The van der Waals surface area contributed by atoms with Gasteiger partial charge in [0.15, 0.2) is 5.69 Å². The van der Waals surface area contributed by atoms with Gasteiger partial charge in [-0.15, -0.1) is 5.10 Å². The highest BCUT2D eigenvalue weighted by Gasteiger charge is 2.42. The second-order valence-electron chi connectivity index (χ2n) is 13.8. The molecular formula is C34H52N6O6. The van der Waals surface area contributed by atoms with Crippen molar-refractivity contribution in [2.24, 2.45) is 11.8 Å². The summed E-state index contributed by atoms with van der Waals surface area (Å²) >= 11 is 0. The molecule has 0 bridgehead atoms. The summed E-state index contributed by atoms with van der Waals surface area (Å²) in [5, 5.41) is 8.94. The van der Waals surface area contributed by atoms with E-state index in [0.29, 0.717) is 58.0 Å². The van der Waals surface area contributed by atoms with E-state index in [1.165, 1.54) is 0 Å².